The van der Waals surface area contributed by atoms with Gasteiger partial charge in [-0.15, -0.1) is 0 Å². The van der Waals surface area contributed by atoms with E-state index in [1.165, 1.54) is 38.5 Å². The average Bonchev–Trinajstić information content (AvgIpc) is 2.40. The van der Waals surface area contributed by atoms with Gasteiger partial charge in [-0.05, 0) is 25.7 Å². The molecule has 0 bridgehead atoms. The summed E-state index contributed by atoms with van der Waals surface area (Å²) in [5.41, 5.74) is 0. The van der Waals surface area contributed by atoms with Crippen molar-refractivity contribution in [1.29, 1.82) is 0 Å². The molecule has 0 spiro atoms. The SMILES string of the molecule is O=C(NC1CCCCC1)N(S)C1CCCCC1. The lowest BCUT2D eigenvalue weighted by atomic mass is 9.95. The van der Waals surface area contributed by atoms with Crippen LogP contribution in [-0.2, 0) is 0 Å². The molecule has 0 heterocycles. The summed E-state index contributed by atoms with van der Waals surface area (Å²) in [7, 11) is 0. The van der Waals surface area contributed by atoms with Gasteiger partial charge < -0.3 is 5.32 Å². The van der Waals surface area contributed by atoms with Gasteiger partial charge >= 0.3 is 6.03 Å². The minimum absolute atomic E-state index is 0.0205. The second kappa shape index (κ2) is 6.53. The van der Waals surface area contributed by atoms with Gasteiger partial charge in [0.1, 0.15) is 0 Å². The number of nitrogens with zero attached hydrogens (tertiary/aromatic N) is 1. The Morgan fingerprint density at radius 1 is 0.941 bits per heavy atom. The molecule has 0 aromatic carbocycles. The lowest BCUT2D eigenvalue weighted by molar-refractivity contribution is 0.198. The van der Waals surface area contributed by atoms with Crippen LogP contribution in [0.2, 0.25) is 0 Å². The molecule has 1 N–H and O–H groups in total. The number of nitrogens with one attached hydrogen (secondary N) is 1. The van der Waals surface area contributed by atoms with Gasteiger partial charge in [0.25, 0.3) is 0 Å². The molecular weight excluding hydrogens is 232 g/mol. The van der Waals surface area contributed by atoms with Crippen LogP contribution in [0.3, 0.4) is 0 Å². The fourth-order valence-corrected chi connectivity index (χ4v) is 3.27. The van der Waals surface area contributed by atoms with Crippen molar-refractivity contribution in [3.05, 3.63) is 0 Å². The summed E-state index contributed by atoms with van der Waals surface area (Å²) >= 11 is 4.39. The van der Waals surface area contributed by atoms with Crippen LogP contribution < -0.4 is 5.32 Å². The van der Waals surface area contributed by atoms with Crippen molar-refractivity contribution >= 4 is 18.8 Å². The topological polar surface area (TPSA) is 32.3 Å². The molecule has 0 saturated heterocycles. The number of amides is 2. The summed E-state index contributed by atoms with van der Waals surface area (Å²) in [5.74, 6) is 0. The maximum absolute atomic E-state index is 12.0. The van der Waals surface area contributed by atoms with Crippen molar-refractivity contribution in [1.82, 2.24) is 9.62 Å². The van der Waals surface area contributed by atoms with Crippen molar-refractivity contribution in [2.24, 2.45) is 0 Å². The first-order valence-electron chi connectivity index (χ1n) is 7.06. The molecule has 3 nitrogen and oxygen atoms in total. The van der Waals surface area contributed by atoms with Gasteiger partial charge in [-0.3, -0.25) is 4.31 Å². The lowest BCUT2D eigenvalue weighted by Crippen LogP contribution is -2.45. The standard InChI is InChI=1S/C13H24N2OS/c16-13(14-11-7-3-1-4-8-11)15(17)12-9-5-2-6-10-12/h11-12,17H,1-10H2,(H,14,16). The van der Waals surface area contributed by atoms with Crippen LogP contribution in [0.1, 0.15) is 64.2 Å². The first kappa shape index (κ1) is 13.1. The van der Waals surface area contributed by atoms with E-state index in [1.807, 2.05) is 0 Å². The van der Waals surface area contributed by atoms with Crippen LogP contribution in [0.15, 0.2) is 0 Å². The number of carbonyl (C=O) groups is 1. The number of hydrogen-bond acceptors (Lipinski definition) is 2. The van der Waals surface area contributed by atoms with Crippen molar-refractivity contribution in [3.63, 3.8) is 0 Å². The van der Waals surface area contributed by atoms with Crippen molar-refractivity contribution in [2.75, 3.05) is 0 Å². The van der Waals surface area contributed by atoms with Crippen LogP contribution in [-0.4, -0.2) is 22.4 Å². The van der Waals surface area contributed by atoms with Crippen molar-refractivity contribution in [2.45, 2.75) is 76.3 Å². The van der Waals surface area contributed by atoms with E-state index >= 15 is 0 Å². The van der Waals surface area contributed by atoms with E-state index in [0.717, 1.165) is 25.7 Å². The molecule has 0 aromatic heterocycles. The molecule has 0 unspecified atom stereocenters. The van der Waals surface area contributed by atoms with Gasteiger partial charge in [-0.1, -0.05) is 51.3 Å². The molecule has 2 aliphatic carbocycles. The van der Waals surface area contributed by atoms with Crippen molar-refractivity contribution in [3.8, 4) is 0 Å². The first-order chi connectivity index (χ1) is 8.27. The van der Waals surface area contributed by atoms with E-state index in [-0.39, 0.29) is 6.03 Å². The summed E-state index contributed by atoms with van der Waals surface area (Å²) in [5, 5.41) is 3.13. The zero-order valence-electron chi connectivity index (χ0n) is 10.5. The Hall–Kier alpha value is -0.380. The molecule has 2 saturated carbocycles. The highest BCUT2D eigenvalue weighted by atomic mass is 32.1. The van der Waals surface area contributed by atoms with E-state index in [9.17, 15) is 4.79 Å². The molecular formula is C13H24N2OS. The number of carbonyl (C=O) groups excluding carboxylic acids is 1. The predicted octanol–water partition coefficient (Wildman–Crippen LogP) is 3.51. The van der Waals surface area contributed by atoms with Crippen LogP contribution in [0, 0.1) is 0 Å². The quantitative estimate of drug-likeness (QED) is 0.728. The largest absolute Gasteiger partial charge is 0.335 e. The highest BCUT2D eigenvalue weighted by Crippen LogP contribution is 2.24. The van der Waals surface area contributed by atoms with E-state index in [0.29, 0.717) is 12.1 Å². The molecule has 2 aliphatic rings. The second-order valence-corrected chi connectivity index (χ2v) is 5.85. The summed E-state index contributed by atoms with van der Waals surface area (Å²) in [4.78, 5) is 12.0. The molecule has 98 valence electrons. The third-order valence-electron chi connectivity index (χ3n) is 4.06. The summed E-state index contributed by atoms with van der Waals surface area (Å²) in [6.07, 6.45) is 12.1. The van der Waals surface area contributed by atoms with Crippen molar-refractivity contribution < 1.29 is 4.79 Å². The highest BCUT2D eigenvalue weighted by Gasteiger charge is 2.25. The first-order valence-corrected chi connectivity index (χ1v) is 7.46. The van der Waals surface area contributed by atoms with Gasteiger partial charge in [0.05, 0.1) is 0 Å². The monoisotopic (exact) mass is 256 g/mol. The van der Waals surface area contributed by atoms with Gasteiger partial charge in [-0.2, -0.15) is 0 Å². The van der Waals surface area contributed by atoms with Gasteiger partial charge in [0.15, 0.2) is 0 Å². The maximum atomic E-state index is 12.0. The number of urea groups is 1. The Morgan fingerprint density at radius 3 is 2.06 bits per heavy atom. The van der Waals surface area contributed by atoms with Gasteiger partial charge in [0, 0.05) is 12.1 Å². The zero-order chi connectivity index (χ0) is 12.1. The minimum atomic E-state index is 0.0205. The van der Waals surface area contributed by atoms with Crippen LogP contribution in [0.5, 0.6) is 0 Å². The van der Waals surface area contributed by atoms with E-state index in [1.54, 1.807) is 4.31 Å². The fourth-order valence-electron chi connectivity index (χ4n) is 2.98. The van der Waals surface area contributed by atoms with E-state index in [4.69, 9.17) is 0 Å². The summed E-state index contributed by atoms with van der Waals surface area (Å²) in [6, 6.07) is 0.747. The fraction of sp³-hybridized carbons (Fsp3) is 0.923. The van der Waals surface area contributed by atoms with Crippen LogP contribution in [0.25, 0.3) is 0 Å². The summed E-state index contributed by atoms with van der Waals surface area (Å²) < 4.78 is 1.65. The molecule has 4 heteroatoms. The highest BCUT2D eigenvalue weighted by molar-refractivity contribution is 7.78. The third kappa shape index (κ3) is 3.80. The Balaban J connectivity index is 1.77. The zero-order valence-corrected chi connectivity index (χ0v) is 11.4. The number of rotatable bonds is 2. The minimum Gasteiger partial charge on any atom is -0.335 e. The molecule has 2 amide bonds. The Kier molecular flexibility index (Phi) is 5.01. The average molecular weight is 256 g/mol. The smallest absolute Gasteiger partial charge is 0.327 e. The lowest BCUT2D eigenvalue weighted by Gasteiger charge is -2.32. The molecule has 0 aromatic rings. The maximum Gasteiger partial charge on any atom is 0.327 e. The second-order valence-electron chi connectivity index (χ2n) is 5.42. The van der Waals surface area contributed by atoms with E-state index < -0.39 is 0 Å². The Morgan fingerprint density at radius 2 is 1.47 bits per heavy atom. The molecule has 2 fully saturated rings. The third-order valence-corrected chi connectivity index (χ3v) is 4.57. The van der Waals surface area contributed by atoms with E-state index in [2.05, 4.69) is 18.1 Å². The predicted molar refractivity (Wildman–Crippen MR) is 73.1 cm³/mol. The van der Waals surface area contributed by atoms with Crippen LogP contribution >= 0.6 is 12.8 Å². The van der Waals surface area contributed by atoms with Gasteiger partial charge in [-0.25, -0.2) is 4.79 Å². The molecule has 0 radical (unpaired) electrons. The molecule has 0 atom stereocenters. The molecule has 2 rings (SSSR count). The number of hydrogen-bond donors (Lipinski definition) is 2. The van der Waals surface area contributed by atoms with Crippen LogP contribution in [0.4, 0.5) is 4.79 Å². The summed E-state index contributed by atoms with van der Waals surface area (Å²) in [6.45, 7) is 0. The Labute approximate surface area is 110 Å². The normalized spacial score (nSPS) is 23.4. The van der Waals surface area contributed by atoms with Gasteiger partial charge in [0.2, 0.25) is 0 Å². The number of thiol groups is 1. The molecule has 17 heavy (non-hydrogen) atoms. The Bertz CT molecular complexity index is 248. The molecule has 0 aliphatic heterocycles.